The standard InChI is InChI=1S/C17H21FN2O/c1-12(2)17(15-9-8-14(18)10-19-15)20-11-16(21)13-6-4-3-5-7-13/h3-10,12,16-17,20-21H,11H2,1-2H3. The molecule has 3 nitrogen and oxygen atoms in total. The fourth-order valence-electron chi connectivity index (χ4n) is 2.28. The van der Waals surface area contributed by atoms with Gasteiger partial charge in [0.1, 0.15) is 5.82 Å². The molecule has 0 aliphatic carbocycles. The number of aromatic nitrogens is 1. The van der Waals surface area contributed by atoms with E-state index in [1.165, 1.54) is 12.3 Å². The zero-order valence-corrected chi connectivity index (χ0v) is 12.3. The molecule has 1 aromatic heterocycles. The zero-order chi connectivity index (χ0) is 15.2. The van der Waals surface area contributed by atoms with Gasteiger partial charge in [0.15, 0.2) is 0 Å². The molecule has 2 unspecified atom stereocenters. The normalized spacial score (nSPS) is 14.1. The van der Waals surface area contributed by atoms with Crippen LogP contribution in [0.15, 0.2) is 48.7 Å². The average molecular weight is 288 g/mol. The van der Waals surface area contributed by atoms with E-state index >= 15 is 0 Å². The highest BCUT2D eigenvalue weighted by atomic mass is 19.1. The molecule has 0 aliphatic heterocycles. The van der Waals surface area contributed by atoms with Crippen LogP contribution in [0.4, 0.5) is 4.39 Å². The van der Waals surface area contributed by atoms with Gasteiger partial charge in [0.25, 0.3) is 0 Å². The lowest BCUT2D eigenvalue weighted by Crippen LogP contribution is -2.30. The number of nitrogens with one attached hydrogen (secondary N) is 1. The quantitative estimate of drug-likeness (QED) is 0.857. The smallest absolute Gasteiger partial charge is 0.141 e. The van der Waals surface area contributed by atoms with E-state index in [4.69, 9.17) is 0 Å². The van der Waals surface area contributed by atoms with Crippen LogP contribution in [-0.2, 0) is 0 Å². The summed E-state index contributed by atoms with van der Waals surface area (Å²) in [7, 11) is 0. The maximum absolute atomic E-state index is 13.0. The van der Waals surface area contributed by atoms with Crippen molar-refractivity contribution in [2.75, 3.05) is 6.54 Å². The minimum atomic E-state index is -0.576. The van der Waals surface area contributed by atoms with Crippen LogP contribution in [0.3, 0.4) is 0 Å². The number of hydrogen-bond acceptors (Lipinski definition) is 3. The monoisotopic (exact) mass is 288 g/mol. The Morgan fingerprint density at radius 1 is 1.14 bits per heavy atom. The molecular formula is C17H21FN2O. The van der Waals surface area contributed by atoms with Crippen LogP contribution in [0, 0.1) is 11.7 Å². The molecule has 2 atom stereocenters. The van der Waals surface area contributed by atoms with Crippen molar-refractivity contribution >= 4 is 0 Å². The number of hydrogen-bond donors (Lipinski definition) is 2. The summed E-state index contributed by atoms with van der Waals surface area (Å²) in [6.07, 6.45) is 0.646. The van der Waals surface area contributed by atoms with Gasteiger partial charge in [-0.1, -0.05) is 44.2 Å². The van der Waals surface area contributed by atoms with Crippen molar-refractivity contribution in [3.8, 4) is 0 Å². The Hall–Kier alpha value is -1.78. The average Bonchev–Trinajstić information content (AvgIpc) is 2.49. The number of pyridine rings is 1. The second-order valence-corrected chi connectivity index (χ2v) is 5.46. The predicted octanol–water partition coefficient (Wildman–Crippen LogP) is 3.24. The van der Waals surface area contributed by atoms with Crippen molar-refractivity contribution in [3.63, 3.8) is 0 Å². The van der Waals surface area contributed by atoms with E-state index < -0.39 is 6.10 Å². The lowest BCUT2D eigenvalue weighted by molar-refractivity contribution is 0.165. The van der Waals surface area contributed by atoms with Gasteiger partial charge >= 0.3 is 0 Å². The fourth-order valence-corrected chi connectivity index (χ4v) is 2.28. The first kappa shape index (κ1) is 15.6. The summed E-state index contributed by atoms with van der Waals surface area (Å²) in [5.74, 6) is -0.0588. The molecule has 21 heavy (non-hydrogen) atoms. The Morgan fingerprint density at radius 3 is 2.43 bits per heavy atom. The molecule has 1 aromatic carbocycles. The second-order valence-electron chi connectivity index (χ2n) is 5.46. The van der Waals surface area contributed by atoms with E-state index in [1.54, 1.807) is 6.07 Å². The largest absolute Gasteiger partial charge is 0.387 e. The zero-order valence-electron chi connectivity index (χ0n) is 12.3. The fraction of sp³-hybridized carbons (Fsp3) is 0.353. The first-order valence-electron chi connectivity index (χ1n) is 7.15. The van der Waals surface area contributed by atoms with Gasteiger partial charge in [-0.15, -0.1) is 0 Å². The van der Waals surface area contributed by atoms with Crippen LogP contribution in [-0.4, -0.2) is 16.6 Å². The van der Waals surface area contributed by atoms with Crippen LogP contribution < -0.4 is 5.32 Å². The summed E-state index contributed by atoms with van der Waals surface area (Å²) < 4.78 is 13.0. The number of aliphatic hydroxyl groups excluding tert-OH is 1. The van der Waals surface area contributed by atoms with Crippen LogP contribution in [0.1, 0.15) is 37.3 Å². The Bertz CT molecular complexity index is 542. The van der Waals surface area contributed by atoms with Crippen LogP contribution in [0.25, 0.3) is 0 Å². The van der Waals surface area contributed by atoms with E-state index in [1.807, 2.05) is 30.3 Å². The molecule has 0 saturated carbocycles. The topological polar surface area (TPSA) is 45.1 Å². The van der Waals surface area contributed by atoms with Crippen molar-refractivity contribution < 1.29 is 9.50 Å². The molecular weight excluding hydrogens is 267 g/mol. The highest BCUT2D eigenvalue weighted by Crippen LogP contribution is 2.21. The number of benzene rings is 1. The minimum absolute atomic E-state index is 0.0241. The SMILES string of the molecule is CC(C)C(NCC(O)c1ccccc1)c1ccc(F)cn1. The van der Waals surface area contributed by atoms with Crippen LogP contribution in [0.5, 0.6) is 0 Å². The van der Waals surface area contributed by atoms with E-state index in [2.05, 4.69) is 24.1 Å². The van der Waals surface area contributed by atoms with Gasteiger partial charge in [0.2, 0.25) is 0 Å². The lowest BCUT2D eigenvalue weighted by atomic mass is 9.99. The molecule has 0 radical (unpaired) electrons. The van der Waals surface area contributed by atoms with Gasteiger partial charge < -0.3 is 10.4 Å². The third kappa shape index (κ3) is 4.34. The van der Waals surface area contributed by atoms with E-state index in [9.17, 15) is 9.50 Å². The van der Waals surface area contributed by atoms with Gasteiger partial charge in [-0.3, -0.25) is 4.98 Å². The van der Waals surface area contributed by atoms with Crippen molar-refractivity contribution in [1.82, 2.24) is 10.3 Å². The summed E-state index contributed by atoms with van der Waals surface area (Å²) in [6, 6.07) is 12.6. The summed E-state index contributed by atoms with van der Waals surface area (Å²) >= 11 is 0. The second kappa shape index (κ2) is 7.29. The summed E-state index contributed by atoms with van der Waals surface area (Å²) in [5.41, 5.74) is 1.66. The van der Waals surface area contributed by atoms with E-state index in [0.29, 0.717) is 6.54 Å². The molecule has 2 N–H and O–H groups in total. The van der Waals surface area contributed by atoms with Crippen molar-refractivity contribution in [1.29, 1.82) is 0 Å². The van der Waals surface area contributed by atoms with Gasteiger partial charge in [-0.05, 0) is 23.6 Å². The van der Waals surface area contributed by atoms with E-state index in [0.717, 1.165) is 11.3 Å². The molecule has 0 bridgehead atoms. The Labute approximate surface area is 124 Å². The molecule has 4 heteroatoms. The Kier molecular flexibility index (Phi) is 5.42. The van der Waals surface area contributed by atoms with Crippen molar-refractivity contribution in [3.05, 3.63) is 65.7 Å². The number of rotatable bonds is 6. The Morgan fingerprint density at radius 2 is 1.86 bits per heavy atom. The third-order valence-corrected chi connectivity index (χ3v) is 3.45. The summed E-state index contributed by atoms with van der Waals surface area (Å²) in [4.78, 5) is 4.13. The molecule has 0 saturated heterocycles. The van der Waals surface area contributed by atoms with Gasteiger partial charge in [0, 0.05) is 6.54 Å². The maximum Gasteiger partial charge on any atom is 0.141 e. The van der Waals surface area contributed by atoms with Crippen LogP contribution >= 0.6 is 0 Å². The first-order chi connectivity index (χ1) is 10.1. The predicted molar refractivity (Wildman–Crippen MR) is 81.2 cm³/mol. The molecule has 0 spiro atoms. The van der Waals surface area contributed by atoms with Crippen molar-refractivity contribution in [2.24, 2.45) is 5.92 Å². The van der Waals surface area contributed by atoms with Gasteiger partial charge in [-0.2, -0.15) is 0 Å². The highest BCUT2D eigenvalue weighted by Gasteiger charge is 2.18. The maximum atomic E-state index is 13.0. The molecule has 0 amide bonds. The summed E-state index contributed by atoms with van der Waals surface area (Å²) in [5, 5.41) is 13.5. The first-order valence-corrected chi connectivity index (χ1v) is 7.15. The number of nitrogens with zero attached hydrogens (tertiary/aromatic N) is 1. The third-order valence-electron chi connectivity index (χ3n) is 3.45. The molecule has 2 aromatic rings. The van der Waals surface area contributed by atoms with Crippen molar-refractivity contribution in [2.45, 2.75) is 26.0 Å². The minimum Gasteiger partial charge on any atom is -0.387 e. The summed E-state index contributed by atoms with van der Waals surface area (Å²) in [6.45, 7) is 4.56. The van der Waals surface area contributed by atoms with Gasteiger partial charge in [-0.25, -0.2) is 4.39 Å². The Balaban J connectivity index is 2.02. The van der Waals surface area contributed by atoms with E-state index in [-0.39, 0.29) is 17.8 Å². The van der Waals surface area contributed by atoms with Crippen LogP contribution in [0.2, 0.25) is 0 Å². The molecule has 0 fully saturated rings. The highest BCUT2D eigenvalue weighted by molar-refractivity contribution is 5.18. The molecule has 0 aliphatic rings. The molecule has 112 valence electrons. The molecule has 1 heterocycles. The number of aliphatic hydroxyl groups is 1. The van der Waals surface area contributed by atoms with Gasteiger partial charge in [0.05, 0.1) is 24.0 Å². The molecule has 2 rings (SSSR count). The lowest BCUT2D eigenvalue weighted by Gasteiger charge is -2.23. The number of halogens is 1.